The van der Waals surface area contributed by atoms with E-state index in [0.717, 1.165) is 12.1 Å². The maximum Gasteiger partial charge on any atom is 0.295 e. The van der Waals surface area contributed by atoms with E-state index in [1.165, 1.54) is 0 Å². The number of hydrogen-bond acceptors (Lipinski definition) is 6. The number of aliphatic hydroxyl groups excluding tert-OH is 1. The SMILES string of the molecule is Cc1cccn2c(C)c(/C(O)=C3\C(=O)C(=O)N(CCCN(C)C)C3c3cccc(Oc4ccccc4)c3)nc12. The number of fused-ring (bicyclic) bond motifs is 1. The van der Waals surface area contributed by atoms with E-state index in [2.05, 4.69) is 4.98 Å². The van der Waals surface area contributed by atoms with Gasteiger partial charge in [0.25, 0.3) is 11.7 Å². The minimum Gasteiger partial charge on any atom is -0.505 e. The lowest BCUT2D eigenvalue weighted by Crippen LogP contribution is -2.32. The Morgan fingerprint density at radius 3 is 2.46 bits per heavy atom. The van der Waals surface area contributed by atoms with E-state index in [9.17, 15) is 14.7 Å². The molecule has 1 unspecified atom stereocenters. The first kappa shape index (κ1) is 26.2. The maximum absolute atomic E-state index is 13.5. The van der Waals surface area contributed by atoms with Gasteiger partial charge in [-0.25, -0.2) is 4.98 Å². The lowest BCUT2D eigenvalue weighted by Gasteiger charge is -2.26. The summed E-state index contributed by atoms with van der Waals surface area (Å²) in [5.41, 5.74) is 3.30. The predicted octanol–water partition coefficient (Wildman–Crippen LogP) is 5.12. The largest absolute Gasteiger partial charge is 0.505 e. The first-order valence-corrected chi connectivity index (χ1v) is 13.0. The highest BCUT2D eigenvalue weighted by Gasteiger charge is 2.46. The van der Waals surface area contributed by atoms with Gasteiger partial charge in [-0.2, -0.15) is 0 Å². The number of imidazole rings is 1. The zero-order chi connectivity index (χ0) is 27.7. The molecule has 1 aliphatic heterocycles. The van der Waals surface area contributed by atoms with Crippen LogP contribution in [0.5, 0.6) is 11.5 Å². The summed E-state index contributed by atoms with van der Waals surface area (Å²) in [5.74, 6) is -0.386. The number of likely N-dealkylation sites (tertiary alicyclic amines) is 1. The summed E-state index contributed by atoms with van der Waals surface area (Å²) >= 11 is 0. The Kier molecular flexibility index (Phi) is 7.21. The van der Waals surface area contributed by atoms with Crippen molar-refractivity contribution in [1.82, 2.24) is 19.2 Å². The van der Waals surface area contributed by atoms with Crippen LogP contribution in [0.1, 0.15) is 35.0 Å². The molecule has 1 fully saturated rings. The van der Waals surface area contributed by atoms with Gasteiger partial charge in [-0.3, -0.25) is 9.59 Å². The van der Waals surface area contributed by atoms with E-state index in [1.807, 2.05) is 110 Å². The third-order valence-electron chi connectivity index (χ3n) is 7.01. The number of aliphatic hydroxyl groups is 1. The van der Waals surface area contributed by atoms with E-state index < -0.39 is 17.7 Å². The summed E-state index contributed by atoms with van der Waals surface area (Å²) in [7, 11) is 3.92. The van der Waals surface area contributed by atoms with E-state index in [4.69, 9.17) is 4.74 Å². The maximum atomic E-state index is 13.5. The van der Waals surface area contributed by atoms with E-state index in [1.54, 1.807) is 4.90 Å². The van der Waals surface area contributed by atoms with Crippen molar-refractivity contribution >= 4 is 23.1 Å². The highest BCUT2D eigenvalue weighted by atomic mass is 16.5. The molecule has 1 aliphatic rings. The Hall–Kier alpha value is -4.43. The van der Waals surface area contributed by atoms with Crippen LogP contribution in [0.2, 0.25) is 0 Å². The first-order chi connectivity index (χ1) is 18.8. The normalized spacial score (nSPS) is 16.9. The summed E-state index contributed by atoms with van der Waals surface area (Å²) in [6, 6.07) is 19.8. The molecule has 3 heterocycles. The third-order valence-corrected chi connectivity index (χ3v) is 7.01. The topological polar surface area (TPSA) is 87.4 Å². The van der Waals surface area contributed by atoms with Gasteiger partial charge in [0.1, 0.15) is 22.8 Å². The molecule has 2 aromatic heterocycles. The van der Waals surface area contributed by atoms with Crippen LogP contribution in [0.3, 0.4) is 0 Å². The molecule has 8 heteroatoms. The Balaban J connectivity index is 1.62. The summed E-state index contributed by atoms with van der Waals surface area (Å²) in [4.78, 5) is 35.1. The Labute approximate surface area is 227 Å². The smallest absolute Gasteiger partial charge is 0.295 e. The van der Waals surface area contributed by atoms with Gasteiger partial charge < -0.3 is 24.0 Å². The molecular formula is C31H32N4O4. The zero-order valence-corrected chi connectivity index (χ0v) is 22.6. The molecule has 0 spiro atoms. The van der Waals surface area contributed by atoms with Crippen LogP contribution in [0, 0.1) is 13.8 Å². The van der Waals surface area contributed by atoms with Gasteiger partial charge in [-0.1, -0.05) is 36.4 Å². The Bertz CT molecular complexity index is 1570. The molecule has 200 valence electrons. The lowest BCUT2D eigenvalue weighted by atomic mass is 9.96. The minimum atomic E-state index is -0.781. The van der Waals surface area contributed by atoms with Crippen molar-refractivity contribution in [2.45, 2.75) is 26.3 Å². The van der Waals surface area contributed by atoms with Gasteiger partial charge in [-0.05, 0) is 82.4 Å². The fourth-order valence-corrected chi connectivity index (χ4v) is 5.06. The van der Waals surface area contributed by atoms with Gasteiger partial charge in [0.15, 0.2) is 5.76 Å². The number of carbonyl (C=O) groups excluding carboxylic acids is 2. The summed E-state index contributed by atoms with van der Waals surface area (Å²) in [5, 5.41) is 11.6. The molecule has 1 saturated heterocycles. The molecule has 2 aromatic carbocycles. The molecule has 4 aromatic rings. The van der Waals surface area contributed by atoms with Crippen molar-refractivity contribution in [1.29, 1.82) is 0 Å². The van der Waals surface area contributed by atoms with Crippen molar-refractivity contribution in [3.8, 4) is 11.5 Å². The average Bonchev–Trinajstić information content (AvgIpc) is 3.39. The van der Waals surface area contributed by atoms with Gasteiger partial charge in [-0.15, -0.1) is 0 Å². The number of ether oxygens (including phenoxy) is 1. The van der Waals surface area contributed by atoms with Crippen LogP contribution in [0.15, 0.2) is 78.5 Å². The standard InChI is InChI=1S/C31H32N4O4/c1-20-11-9-17-34-21(2)26(32-30(20)34)28(36)25-27(35(31(38)29(25)37)18-10-16-33(3)4)22-12-8-15-24(19-22)39-23-13-6-5-7-14-23/h5-9,11-15,17,19,27,36H,10,16,18H2,1-4H3/b28-25+. The number of ketones is 1. The van der Waals surface area contributed by atoms with Crippen LogP contribution < -0.4 is 4.74 Å². The Morgan fingerprint density at radius 1 is 1.00 bits per heavy atom. The van der Waals surface area contributed by atoms with E-state index >= 15 is 0 Å². The average molecular weight is 525 g/mol. The third kappa shape index (κ3) is 5.03. The van der Waals surface area contributed by atoms with Gasteiger partial charge in [0, 0.05) is 12.7 Å². The molecule has 39 heavy (non-hydrogen) atoms. The van der Waals surface area contributed by atoms with Crippen LogP contribution in [0.25, 0.3) is 11.4 Å². The summed E-state index contributed by atoms with van der Waals surface area (Å²) in [6.45, 7) is 4.88. The molecule has 1 amide bonds. The zero-order valence-electron chi connectivity index (χ0n) is 22.6. The van der Waals surface area contributed by atoms with Gasteiger partial charge >= 0.3 is 0 Å². The highest BCUT2D eigenvalue weighted by Crippen LogP contribution is 2.41. The number of amides is 1. The number of para-hydroxylation sites is 1. The summed E-state index contributed by atoms with van der Waals surface area (Å²) < 4.78 is 7.92. The number of aromatic nitrogens is 2. The number of Topliss-reactive ketones (excluding diaryl/α,β-unsaturated/α-hetero) is 1. The van der Waals surface area contributed by atoms with E-state index in [0.29, 0.717) is 41.4 Å². The highest BCUT2D eigenvalue weighted by molar-refractivity contribution is 6.46. The fourth-order valence-electron chi connectivity index (χ4n) is 5.06. The number of carbonyl (C=O) groups is 2. The van der Waals surface area contributed by atoms with Crippen molar-refractivity contribution in [2.75, 3.05) is 27.2 Å². The number of nitrogens with zero attached hydrogens (tertiary/aromatic N) is 4. The first-order valence-electron chi connectivity index (χ1n) is 13.0. The van der Waals surface area contributed by atoms with Crippen molar-refractivity contribution in [3.05, 3.63) is 101 Å². The Morgan fingerprint density at radius 2 is 1.74 bits per heavy atom. The number of rotatable bonds is 8. The van der Waals surface area contributed by atoms with Crippen LogP contribution in [-0.2, 0) is 9.59 Å². The van der Waals surface area contributed by atoms with Crippen LogP contribution in [-0.4, -0.2) is 63.2 Å². The summed E-state index contributed by atoms with van der Waals surface area (Å²) in [6.07, 6.45) is 2.53. The number of aryl methyl sites for hydroxylation is 2. The molecule has 0 bridgehead atoms. The predicted molar refractivity (Wildman–Crippen MR) is 150 cm³/mol. The molecule has 1 N–H and O–H groups in total. The second-order valence-corrected chi connectivity index (χ2v) is 10.1. The number of hydrogen-bond donors (Lipinski definition) is 1. The van der Waals surface area contributed by atoms with Crippen molar-refractivity contribution in [3.63, 3.8) is 0 Å². The van der Waals surface area contributed by atoms with Gasteiger partial charge in [0.05, 0.1) is 17.3 Å². The van der Waals surface area contributed by atoms with Crippen LogP contribution >= 0.6 is 0 Å². The fraction of sp³-hybridized carbons (Fsp3) is 0.258. The van der Waals surface area contributed by atoms with Crippen molar-refractivity contribution < 1.29 is 19.4 Å². The lowest BCUT2D eigenvalue weighted by molar-refractivity contribution is -0.139. The second kappa shape index (κ2) is 10.7. The molecule has 0 saturated carbocycles. The number of benzene rings is 2. The molecule has 8 nitrogen and oxygen atoms in total. The van der Waals surface area contributed by atoms with Crippen LogP contribution in [0.4, 0.5) is 0 Å². The van der Waals surface area contributed by atoms with Crippen molar-refractivity contribution in [2.24, 2.45) is 0 Å². The molecule has 0 aliphatic carbocycles. The minimum absolute atomic E-state index is 0.0332. The monoisotopic (exact) mass is 524 g/mol. The molecule has 5 rings (SSSR count). The molecular weight excluding hydrogens is 492 g/mol. The number of pyridine rings is 1. The molecule has 0 radical (unpaired) electrons. The second-order valence-electron chi connectivity index (χ2n) is 10.1. The van der Waals surface area contributed by atoms with Gasteiger partial charge in [0.2, 0.25) is 0 Å². The quantitative estimate of drug-likeness (QED) is 0.196. The molecule has 1 atom stereocenters. The van der Waals surface area contributed by atoms with E-state index in [-0.39, 0.29) is 17.0 Å².